The third kappa shape index (κ3) is 2.30. The van der Waals surface area contributed by atoms with E-state index in [0.717, 1.165) is 10.8 Å². The first kappa shape index (κ1) is 13.1. The van der Waals surface area contributed by atoms with Gasteiger partial charge in [-0.2, -0.15) is 0 Å². The molecule has 1 heterocycles. The minimum atomic E-state index is 0.444. The Morgan fingerprint density at radius 3 is 2.58 bits per heavy atom. The molecule has 1 unspecified atom stereocenters. The highest BCUT2D eigenvalue weighted by Gasteiger charge is 2.27. The first-order valence-corrected chi connectivity index (χ1v) is 8.04. The summed E-state index contributed by atoms with van der Waals surface area (Å²) in [7, 11) is 0. The SMILES string of the molecule is CC(C)C1c2ccccc2SCc2c(Cl)cccc21. The van der Waals surface area contributed by atoms with Gasteiger partial charge in [-0.25, -0.2) is 0 Å². The minimum absolute atomic E-state index is 0.444. The van der Waals surface area contributed by atoms with E-state index < -0.39 is 0 Å². The number of benzene rings is 2. The second kappa shape index (κ2) is 5.22. The molecule has 1 atom stereocenters. The monoisotopic (exact) mass is 288 g/mol. The number of halogens is 1. The Morgan fingerprint density at radius 2 is 1.79 bits per heavy atom. The van der Waals surface area contributed by atoms with Crippen LogP contribution in [0.15, 0.2) is 47.4 Å². The van der Waals surface area contributed by atoms with Gasteiger partial charge in [-0.15, -0.1) is 11.8 Å². The van der Waals surface area contributed by atoms with Gasteiger partial charge in [0.1, 0.15) is 0 Å². The lowest BCUT2D eigenvalue weighted by atomic mass is 9.81. The fourth-order valence-electron chi connectivity index (χ4n) is 2.92. The van der Waals surface area contributed by atoms with Crippen molar-refractivity contribution in [1.82, 2.24) is 0 Å². The standard InChI is InChI=1S/C17H17ClS/c1-11(2)17-12-7-5-8-15(18)14(12)10-19-16-9-4-3-6-13(16)17/h3-9,11,17H,10H2,1-2H3. The molecule has 3 rings (SSSR count). The number of thioether (sulfide) groups is 1. The van der Waals surface area contributed by atoms with E-state index in [4.69, 9.17) is 11.6 Å². The Kier molecular flexibility index (Phi) is 3.60. The van der Waals surface area contributed by atoms with E-state index in [1.165, 1.54) is 21.6 Å². The number of fused-ring (bicyclic) bond motifs is 2. The molecular formula is C17H17ClS. The lowest BCUT2D eigenvalue weighted by molar-refractivity contribution is 0.556. The molecule has 2 heteroatoms. The average molecular weight is 289 g/mol. The van der Waals surface area contributed by atoms with E-state index in [2.05, 4.69) is 50.2 Å². The molecule has 0 radical (unpaired) electrons. The van der Waals surface area contributed by atoms with Crippen LogP contribution < -0.4 is 0 Å². The van der Waals surface area contributed by atoms with Crippen LogP contribution in [-0.2, 0) is 5.75 Å². The van der Waals surface area contributed by atoms with Crippen molar-refractivity contribution in [2.75, 3.05) is 0 Å². The van der Waals surface area contributed by atoms with Crippen LogP contribution in [0.5, 0.6) is 0 Å². The van der Waals surface area contributed by atoms with Gasteiger partial charge >= 0.3 is 0 Å². The van der Waals surface area contributed by atoms with Gasteiger partial charge in [0.25, 0.3) is 0 Å². The van der Waals surface area contributed by atoms with Crippen molar-refractivity contribution >= 4 is 23.4 Å². The van der Waals surface area contributed by atoms with Gasteiger partial charge in [0.2, 0.25) is 0 Å². The highest BCUT2D eigenvalue weighted by molar-refractivity contribution is 7.98. The predicted molar refractivity (Wildman–Crippen MR) is 84.1 cm³/mol. The Labute approximate surface area is 124 Å². The van der Waals surface area contributed by atoms with Crippen LogP contribution in [0.3, 0.4) is 0 Å². The summed E-state index contributed by atoms with van der Waals surface area (Å²) < 4.78 is 0. The number of hydrogen-bond acceptors (Lipinski definition) is 1. The van der Waals surface area contributed by atoms with Crippen LogP contribution >= 0.6 is 23.4 Å². The van der Waals surface area contributed by atoms with Crippen molar-refractivity contribution < 1.29 is 0 Å². The normalized spacial score (nSPS) is 17.8. The summed E-state index contributed by atoms with van der Waals surface area (Å²) in [6, 6.07) is 15.1. The van der Waals surface area contributed by atoms with Gasteiger partial charge in [0.05, 0.1) is 0 Å². The van der Waals surface area contributed by atoms with Crippen molar-refractivity contribution in [1.29, 1.82) is 0 Å². The molecule has 0 amide bonds. The zero-order chi connectivity index (χ0) is 13.4. The molecule has 98 valence electrons. The molecule has 0 bridgehead atoms. The Morgan fingerprint density at radius 1 is 1.05 bits per heavy atom. The molecular weight excluding hydrogens is 272 g/mol. The molecule has 2 aromatic rings. The van der Waals surface area contributed by atoms with E-state index in [9.17, 15) is 0 Å². The average Bonchev–Trinajstić information content (AvgIpc) is 2.56. The second-order valence-electron chi connectivity index (χ2n) is 5.36. The summed E-state index contributed by atoms with van der Waals surface area (Å²) in [6.07, 6.45) is 0. The van der Waals surface area contributed by atoms with Crippen molar-refractivity contribution in [3.63, 3.8) is 0 Å². The molecule has 0 saturated carbocycles. The second-order valence-corrected chi connectivity index (χ2v) is 6.78. The molecule has 0 spiro atoms. The van der Waals surface area contributed by atoms with Gasteiger partial charge in [-0.1, -0.05) is 55.8 Å². The third-order valence-electron chi connectivity index (χ3n) is 3.78. The van der Waals surface area contributed by atoms with Crippen LogP contribution in [0.2, 0.25) is 5.02 Å². The summed E-state index contributed by atoms with van der Waals surface area (Å²) in [5.41, 5.74) is 4.16. The maximum atomic E-state index is 6.41. The van der Waals surface area contributed by atoms with Crippen LogP contribution in [0.25, 0.3) is 0 Å². The summed E-state index contributed by atoms with van der Waals surface area (Å²) >= 11 is 8.32. The summed E-state index contributed by atoms with van der Waals surface area (Å²) in [4.78, 5) is 1.40. The fraction of sp³-hybridized carbons (Fsp3) is 0.294. The Bertz CT molecular complexity index is 604. The van der Waals surface area contributed by atoms with Crippen molar-refractivity contribution in [3.05, 3.63) is 64.2 Å². The molecule has 0 N–H and O–H groups in total. The van der Waals surface area contributed by atoms with E-state index in [0.29, 0.717) is 11.8 Å². The van der Waals surface area contributed by atoms with E-state index in [-0.39, 0.29) is 0 Å². The van der Waals surface area contributed by atoms with Crippen molar-refractivity contribution in [2.24, 2.45) is 5.92 Å². The predicted octanol–water partition coefficient (Wildman–Crippen LogP) is 5.73. The van der Waals surface area contributed by atoms with E-state index in [1.54, 1.807) is 0 Å². The van der Waals surface area contributed by atoms with Crippen LogP contribution in [0, 0.1) is 5.92 Å². The summed E-state index contributed by atoms with van der Waals surface area (Å²) in [6.45, 7) is 4.59. The number of hydrogen-bond donors (Lipinski definition) is 0. The fourth-order valence-corrected chi connectivity index (χ4v) is 4.41. The maximum absolute atomic E-state index is 6.41. The van der Waals surface area contributed by atoms with Gasteiger partial charge in [-0.3, -0.25) is 0 Å². The molecule has 19 heavy (non-hydrogen) atoms. The van der Waals surface area contributed by atoms with Gasteiger partial charge in [0.15, 0.2) is 0 Å². The zero-order valence-corrected chi connectivity index (χ0v) is 12.8. The quantitative estimate of drug-likeness (QED) is 0.645. The van der Waals surface area contributed by atoms with Crippen LogP contribution in [0.4, 0.5) is 0 Å². The maximum Gasteiger partial charge on any atom is 0.0449 e. The van der Waals surface area contributed by atoms with E-state index in [1.807, 2.05) is 17.8 Å². The first-order valence-electron chi connectivity index (χ1n) is 6.67. The molecule has 0 nitrogen and oxygen atoms in total. The number of rotatable bonds is 1. The molecule has 0 aliphatic carbocycles. The zero-order valence-electron chi connectivity index (χ0n) is 11.2. The third-order valence-corrected chi connectivity index (χ3v) is 5.25. The van der Waals surface area contributed by atoms with Gasteiger partial charge < -0.3 is 0 Å². The summed E-state index contributed by atoms with van der Waals surface area (Å²) in [5.74, 6) is 1.98. The highest BCUT2D eigenvalue weighted by atomic mass is 35.5. The van der Waals surface area contributed by atoms with Gasteiger partial charge in [0, 0.05) is 21.6 Å². The van der Waals surface area contributed by atoms with Crippen molar-refractivity contribution in [2.45, 2.75) is 30.4 Å². The topological polar surface area (TPSA) is 0 Å². The van der Waals surface area contributed by atoms with E-state index >= 15 is 0 Å². The van der Waals surface area contributed by atoms with Crippen LogP contribution in [0.1, 0.15) is 36.5 Å². The Hall–Kier alpha value is -0.920. The van der Waals surface area contributed by atoms with Gasteiger partial charge in [-0.05, 0) is 34.7 Å². The summed E-state index contributed by atoms with van der Waals surface area (Å²) in [5, 5.41) is 0.906. The molecule has 1 aliphatic heterocycles. The lowest BCUT2D eigenvalue weighted by Gasteiger charge is -2.24. The minimum Gasteiger partial charge on any atom is -0.121 e. The molecule has 0 saturated heterocycles. The lowest BCUT2D eigenvalue weighted by Crippen LogP contribution is -2.10. The van der Waals surface area contributed by atoms with Crippen LogP contribution in [-0.4, -0.2) is 0 Å². The van der Waals surface area contributed by atoms with Crippen molar-refractivity contribution in [3.8, 4) is 0 Å². The largest absolute Gasteiger partial charge is 0.121 e. The smallest absolute Gasteiger partial charge is 0.0449 e. The highest BCUT2D eigenvalue weighted by Crippen LogP contribution is 2.45. The molecule has 0 fully saturated rings. The Balaban J connectivity index is 2.24. The molecule has 2 aromatic carbocycles. The molecule has 0 aromatic heterocycles. The first-order chi connectivity index (χ1) is 9.18. The molecule has 1 aliphatic rings.